The van der Waals surface area contributed by atoms with Gasteiger partial charge in [0.15, 0.2) is 0 Å². The maximum absolute atomic E-state index is 13.3. The summed E-state index contributed by atoms with van der Waals surface area (Å²) in [6, 6.07) is 16.7. The zero-order valence-electron chi connectivity index (χ0n) is 21.2. The number of benzene rings is 3. The fraction of sp³-hybridized carbons (Fsp3) is 0.269. The number of esters is 1. The number of carbonyl (C=O) groups is 2. The summed E-state index contributed by atoms with van der Waals surface area (Å²) < 4.78 is 32.6. The fourth-order valence-corrected chi connectivity index (χ4v) is 5.25. The number of carbonyl (C=O) groups excluding carboxylic acids is 2. The van der Waals surface area contributed by atoms with E-state index in [1.54, 1.807) is 55.5 Å². The Balaban J connectivity index is 0.00000361. The Morgan fingerprint density at radius 3 is 2.34 bits per heavy atom. The topological polar surface area (TPSA) is 174 Å². The van der Waals surface area contributed by atoms with Crippen LogP contribution in [-0.2, 0) is 26.1 Å². The summed E-state index contributed by atoms with van der Waals surface area (Å²) in [4.78, 5) is 24.9. The second kappa shape index (κ2) is 14.4. The number of halogens is 1. The van der Waals surface area contributed by atoms with Gasteiger partial charge >= 0.3 is 5.97 Å². The summed E-state index contributed by atoms with van der Waals surface area (Å²) in [5, 5.41) is 11.5. The van der Waals surface area contributed by atoms with Crippen molar-refractivity contribution in [2.24, 2.45) is 5.73 Å². The van der Waals surface area contributed by atoms with Crippen LogP contribution in [0.25, 0.3) is 10.8 Å². The smallest absolute Gasteiger partial charge is 0.321 e. The number of nitrogens with zero attached hydrogens (tertiary/aromatic N) is 1. The van der Waals surface area contributed by atoms with Crippen molar-refractivity contribution < 1.29 is 28.2 Å². The molecule has 0 heterocycles. The molecule has 12 heteroatoms. The number of amides is 1. The molecule has 0 bridgehead atoms. The molecule has 206 valence electrons. The molecule has 0 aliphatic heterocycles. The molecular weight excluding hydrogens is 532 g/mol. The molecule has 10 nitrogen and oxygen atoms in total. The molecule has 0 saturated heterocycles. The number of rotatable bonds is 11. The Kier molecular flexibility index (Phi) is 12.4. The molecule has 0 spiro atoms. The highest BCUT2D eigenvalue weighted by molar-refractivity contribution is 7.89. The number of nitrogen functional groups attached to an aromatic ring is 1. The van der Waals surface area contributed by atoms with E-state index in [2.05, 4.69) is 5.32 Å². The summed E-state index contributed by atoms with van der Waals surface area (Å²) in [6.45, 7) is 3.75. The van der Waals surface area contributed by atoms with Gasteiger partial charge in [0.1, 0.15) is 12.4 Å². The van der Waals surface area contributed by atoms with E-state index in [1.807, 2.05) is 6.92 Å². The molecule has 3 aromatic carbocycles. The van der Waals surface area contributed by atoms with E-state index in [0.717, 1.165) is 9.87 Å². The van der Waals surface area contributed by atoms with Crippen LogP contribution in [0.5, 0.6) is 0 Å². The Morgan fingerprint density at radius 1 is 1.05 bits per heavy atom. The average molecular weight is 565 g/mol. The molecule has 38 heavy (non-hydrogen) atoms. The highest BCUT2D eigenvalue weighted by Gasteiger charge is 2.27. The highest BCUT2D eigenvalue weighted by Crippen LogP contribution is 2.25. The Bertz CT molecular complexity index is 1380. The second-order valence-corrected chi connectivity index (χ2v) is 10.1. The van der Waals surface area contributed by atoms with E-state index >= 15 is 0 Å². The first kappa shape index (κ1) is 32.5. The van der Waals surface area contributed by atoms with Gasteiger partial charge in [-0.3, -0.25) is 15.0 Å². The van der Waals surface area contributed by atoms with Crippen molar-refractivity contribution in [3.05, 3.63) is 77.4 Å². The number of hydrogen-bond donors (Lipinski definition) is 3. The van der Waals surface area contributed by atoms with Crippen molar-refractivity contribution >= 4 is 50.9 Å². The lowest BCUT2D eigenvalue weighted by molar-refractivity contribution is -0.143. The molecule has 3 aromatic rings. The monoisotopic (exact) mass is 564 g/mol. The Hall–Kier alpha value is -3.51. The minimum atomic E-state index is -3.95. The third kappa shape index (κ3) is 7.75. The summed E-state index contributed by atoms with van der Waals surface area (Å²) >= 11 is 0. The van der Waals surface area contributed by atoms with Gasteiger partial charge in [0.2, 0.25) is 10.0 Å². The van der Waals surface area contributed by atoms with Gasteiger partial charge in [0.05, 0.1) is 11.5 Å². The predicted molar refractivity (Wildman–Crippen MR) is 149 cm³/mol. The molecule has 6 N–H and O–H groups in total. The number of sulfonamides is 1. The van der Waals surface area contributed by atoms with Crippen LogP contribution < -0.4 is 11.1 Å². The molecule has 0 aromatic heterocycles. The molecule has 0 saturated carbocycles. The van der Waals surface area contributed by atoms with Crippen molar-refractivity contribution in [3.8, 4) is 0 Å². The second-order valence-electron chi connectivity index (χ2n) is 8.13. The van der Waals surface area contributed by atoms with Gasteiger partial charge in [0, 0.05) is 24.2 Å². The van der Waals surface area contributed by atoms with Crippen LogP contribution in [0.2, 0.25) is 0 Å². The quantitative estimate of drug-likeness (QED) is 0.183. The van der Waals surface area contributed by atoms with Gasteiger partial charge in [-0.2, -0.15) is 4.31 Å². The van der Waals surface area contributed by atoms with Gasteiger partial charge in [-0.25, -0.2) is 8.42 Å². The van der Waals surface area contributed by atoms with Gasteiger partial charge < -0.3 is 21.3 Å². The molecule has 0 atom stereocenters. The first-order chi connectivity index (χ1) is 17.2. The zero-order valence-corrected chi connectivity index (χ0v) is 22.8. The van der Waals surface area contributed by atoms with E-state index in [9.17, 15) is 18.0 Å². The number of nitrogens with one attached hydrogen (secondary N) is 2. The SMILES string of the molecule is CCCN(CC(=O)OCC)S(=O)(=O)c1ccc2c(C(=O)NCc3ccc(C(=N)N)cc3)cccc2c1.Cl.O. The molecule has 0 aliphatic rings. The van der Waals surface area contributed by atoms with E-state index < -0.39 is 16.0 Å². The highest BCUT2D eigenvalue weighted by atomic mass is 35.5. The maximum Gasteiger partial charge on any atom is 0.321 e. The van der Waals surface area contributed by atoms with Crippen molar-refractivity contribution in [2.45, 2.75) is 31.7 Å². The number of hydrogen-bond acceptors (Lipinski definition) is 6. The standard InChI is InChI=1S/C26H30N4O5S.ClH.H2O/c1-3-14-30(17-24(31)35-4-2)36(33,34)21-12-13-22-20(15-21)6-5-7-23(22)26(32)29-16-18-8-10-19(11-9-18)25(27)28;;/h5-13,15H,3-4,14,16-17H2,1-2H3,(H3,27,28)(H,29,32);1H;1H2. The lowest BCUT2D eigenvalue weighted by Crippen LogP contribution is -2.37. The third-order valence-corrected chi connectivity index (χ3v) is 7.38. The van der Waals surface area contributed by atoms with Crippen molar-refractivity contribution in [1.29, 1.82) is 5.41 Å². The van der Waals surface area contributed by atoms with E-state index in [0.29, 0.717) is 28.3 Å². The van der Waals surface area contributed by atoms with E-state index in [1.165, 1.54) is 12.1 Å². The maximum atomic E-state index is 13.3. The van der Waals surface area contributed by atoms with Gasteiger partial charge in [0.25, 0.3) is 5.91 Å². The minimum Gasteiger partial charge on any atom is -0.465 e. The summed E-state index contributed by atoms with van der Waals surface area (Å²) in [7, 11) is -3.95. The van der Waals surface area contributed by atoms with Crippen LogP contribution in [0.3, 0.4) is 0 Å². The average Bonchev–Trinajstić information content (AvgIpc) is 2.86. The first-order valence-electron chi connectivity index (χ1n) is 11.6. The predicted octanol–water partition coefficient (Wildman–Crippen LogP) is 2.61. The lowest BCUT2D eigenvalue weighted by atomic mass is 10.0. The third-order valence-electron chi connectivity index (χ3n) is 5.54. The lowest BCUT2D eigenvalue weighted by Gasteiger charge is -2.21. The Labute approximate surface area is 228 Å². The molecule has 0 radical (unpaired) electrons. The molecule has 0 aliphatic carbocycles. The van der Waals surface area contributed by atoms with Crippen LogP contribution in [-0.4, -0.2) is 55.6 Å². The minimum absolute atomic E-state index is 0. The molecular formula is C26H33ClN4O6S. The van der Waals surface area contributed by atoms with Crippen LogP contribution in [0.1, 0.15) is 41.8 Å². The number of nitrogens with two attached hydrogens (primary N) is 1. The van der Waals surface area contributed by atoms with E-state index in [4.69, 9.17) is 15.9 Å². The van der Waals surface area contributed by atoms with Crippen molar-refractivity contribution in [3.63, 3.8) is 0 Å². The first-order valence-corrected chi connectivity index (χ1v) is 13.0. The van der Waals surface area contributed by atoms with E-state index in [-0.39, 0.29) is 60.8 Å². The largest absolute Gasteiger partial charge is 0.465 e. The fourth-order valence-electron chi connectivity index (χ4n) is 3.73. The van der Waals surface area contributed by atoms with Gasteiger partial charge in [-0.15, -0.1) is 12.4 Å². The number of fused-ring (bicyclic) bond motifs is 1. The molecule has 1 amide bonds. The van der Waals surface area contributed by atoms with Crippen LogP contribution >= 0.6 is 12.4 Å². The number of ether oxygens (including phenoxy) is 1. The van der Waals surface area contributed by atoms with Crippen molar-refractivity contribution in [2.75, 3.05) is 19.7 Å². The summed E-state index contributed by atoms with van der Waals surface area (Å²) in [6.07, 6.45) is 0.536. The van der Waals surface area contributed by atoms with Crippen LogP contribution in [0.4, 0.5) is 0 Å². The van der Waals surface area contributed by atoms with Crippen LogP contribution in [0.15, 0.2) is 65.6 Å². The number of amidine groups is 1. The zero-order chi connectivity index (χ0) is 26.3. The Morgan fingerprint density at radius 2 is 1.74 bits per heavy atom. The van der Waals surface area contributed by atoms with Gasteiger partial charge in [-0.05, 0) is 47.9 Å². The molecule has 0 fully saturated rings. The van der Waals surface area contributed by atoms with Crippen molar-refractivity contribution in [1.82, 2.24) is 9.62 Å². The normalized spacial score (nSPS) is 10.8. The van der Waals surface area contributed by atoms with Crippen LogP contribution in [0, 0.1) is 5.41 Å². The molecule has 3 rings (SSSR count). The summed E-state index contributed by atoms with van der Waals surface area (Å²) in [5.74, 6) is -0.937. The molecule has 0 unspecified atom stereocenters. The summed E-state index contributed by atoms with van der Waals surface area (Å²) in [5.41, 5.74) is 7.33. The van der Waals surface area contributed by atoms with Gasteiger partial charge in [-0.1, -0.05) is 49.4 Å².